The number of nitrogens with zero attached hydrogens (tertiary/aromatic N) is 6. The first kappa shape index (κ1) is 28.7. The Balaban J connectivity index is 1.80. The number of aliphatic hydroxyl groups excluding tert-OH is 1. The number of alkyl halides is 5. The molecule has 0 aliphatic carbocycles. The fourth-order valence-corrected chi connectivity index (χ4v) is 3.70. The molecule has 0 amide bonds. The number of ether oxygens (including phenoxy) is 2. The zero-order chi connectivity index (χ0) is 29.2. The number of esters is 1. The van der Waals surface area contributed by atoms with Gasteiger partial charge in [0.25, 0.3) is 0 Å². The van der Waals surface area contributed by atoms with Crippen molar-refractivity contribution in [2.24, 2.45) is 0 Å². The number of carbonyl (C=O) groups is 1. The Morgan fingerprint density at radius 3 is 2.40 bits per heavy atom. The van der Waals surface area contributed by atoms with E-state index in [0.717, 1.165) is 16.5 Å². The second kappa shape index (κ2) is 11.4. The lowest BCUT2D eigenvalue weighted by atomic mass is 10.2. The first-order valence-corrected chi connectivity index (χ1v) is 11.5. The molecule has 0 radical (unpaired) electrons. The molecule has 212 valence electrons. The molecule has 0 bridgehead atoms. The van der Waals surface area contributed by atoms with Gasteiger partial charge in [0, 0.05) is 10.6 Å². The maximum absolute atomic E-state index is 13.1. The van der Waals surface area contributed by atoms with Gasteiger partial charge in [0.1, 0.15) is 12.2 Å². The Morgan fingerprint density at radius 1 is 1.10 bits per heavy atom. The molecule has 0 aliphatic heterocycles. The summed E-state index contributed by atoms with van der Waals surface area (Å²) in [6.45, 7) is -4.94. The molecular weight excluding hydrogens is 571 g/mol. The molecule has 0 aliphatic rings. The Bertz CT molecular complexity index is 1570. The molecule has 2 aromatic carbocycles. The van der Waals surface area contributed by atoms with Crippen molar-refractivity contribution in [3.8, 4) is 22.8 Å². The van der Waals surface area contributed by atoms with Gasteiger partial charge in [-0.3, -0.25) is 4.57 Å². The van der Waals surface area contributed by atoms with Gasteiger partial charge in [-0.25, -0.2) is 23.9 Å². The van der Waals surface area contributed by atoms with Crippen molar-refractivity contribution in [2.45, 2.75) is 32.0 Å². The maximum atomic E-state index is 13.1. The highest BCUT2D eigenvalue weighted by Crippen LogP contribution is 2.26. The zero-order valence-corrected chi connectivity index (χ0v) is 21.0. The highest BCUT2D eigenvalue weighted by molar-refractivity contribution is 6.30. The number of methoxy groups -OCH3 is 1. The smallest absolute Gasteiger partial charge is 0.416 e. The van der Waals surface area contributed by atoms with E-state index in [9.17, 15) is 36.6 Å². The second-order valence-corrected chi connectivity index (χ2v) is 8.48. The molecule has 0 unspecified atom stereocenters. The normalized spacial score (nSPS) is 12.5. The highest BCUT2D eigenvalue weighted by atomic mass is 35.5. The second-order valence-electron chi connectivity index (χ2n) is 8.04. The fourth-order valence-electron chi connectivity index (χ4n) is 3.57. The van der Waals surface area contributed by atoms with Crippen LogP contribution in [-0.2, 0) is 17.8 Å². The van der Waals surface area contributed by atoms with E-state index in [1.165, 1.54) is 48.5 Å². The van der Waals surface area contributed by atoms with Crippen LogP contribution in [0.4, 0.5) is 22.0 Å². The van der Waals surface area contributed by atoms with Crippen molar-refractivity contribution in [1.29, 1.82) is 0 Å². The van der Waals surface area contributed by atoms with E-state index in [-0.39, 0.29) is 28.6 Å². The molecule has 1 N–H and O–H groups in total. The number of benzene rings is 2. The highest BCUT2D eigenvalue weighted by Gasteiger charge is 2.39. The summed E-state index contributed by atoms with van der Waals surface area (Å²) in [5.74, 6) is -2.32. The third kappa shape index (κ3) is 6.12. The first-order chi connectivity index (χ1) is 18.9. The minimum absolute atomic E-state index is 0.116. The molecule has 40 heavy (non-hydrogen) atoms. The van der Waals surface area contributed by atoms with Gasteiger partial charge >= 0.3 is 24.4 Å². The molecule has 0 fully saturated rings. The van der Waals surface area contributed by atoms with Crippen LogP contribution in [0, 0.1) is 0 Å². The standard InChI is InChI=1S/C23H18ClF5N6O5/c1-39-20(37)19-30-17(31-35(19)14-4-2-3-5-15(14)40-21(25)26)11-34-22(38)33(10-16(36)23(27,28)29)18(32-34)12-6-8-13(24)9-7-12/h2-9,16,21,36H,10-11H2,1H3/t16-/m0/s1. The third-order valence-electron chi connectivity index (χ3n) is 5.38. The predicted molar refractivity (Wildman–Crippen MR) is 127 cm³/mol. The average Bonchev–Trinajstić information content (AvgIpc) is 3.45. The number of carbonyl (C=O) groups excluding carboxylic acids is 1. The molecule has 1 atom stereocenters. The minimum Gasteiger partial charge on any atom is -0.463 e. The molecule has 0 saturated heterocycles. The van der Waals surface area contributed by atoms with Gasteiger partial charge in [0.15, 0.2) is 23.5 Å². The van der Waals surface area contributed by atoms with E-state index in [2.05, 4.69) is 24.7 Å². The van der Waals surface area contributed by atoms with E-state index >= 15 is 0 Å². The van der Waals surface area contributed by atoms with Crippen molar-refractivity contribution in [2.75, 3.05) is 7.11 Å². The largest absolute Gasteiger partial charge is 0.463 e. The van der Waals surface area contributed by atoms with Crippen LogP contribution in [0.3, 0.4) is 0 Å². The summed E-state index contributed by atoms with van der Waals surface area (Å²) in [6.07, 6.45) is -7.91. The Hall–Kier alpha value is -4.31. The Labute approximate surface area is 225 Å². The van der Waals surface area contributed by atoms with Crippen LogP contribution in [0.1, 0.15) is 16.4 Å². The molecule has 2 heterocycles. The number of para-hydroxylation sites is 2. The van der Waals surface area contributed by atoms with E-state index in [1.54, 1.807) is 0 Å². The van der Waals surface area contributed by atoms with Crippen molar-refractivity contribution in [3.05, 3.63) is 75.7 Å². The number of hydrogen-bond donors (Lipinski definition) is 1. The number of aliphatic hydroxyl groups is 1. The first-order valence-electron chi connectivity index (χ1n) is 11.2. The lowest BCUT2D eigenvalue weighted by Crippen LogP contribution is -2.37. The summed E-state index contributed by atoms with van der Waals surface area (Å²) in [4.78, 5) is 29.5. The van der Waals surface area contributed by atoms with Gasteiger partial charge in [0.2, 0.25) is 5.82 Å². The lowest BCUT2D eigenvalue weighted by Gasteiger charge is -2.15. The lowest BCUT2D eigenvalue weighted by molar-refractivity contribution is -0.207. The van der Waals surface area contributed by atoms with Crippen molar-refractivity contribution < 1.29 is 41.3 Å². The van der Waals surface area contributed by atoms with Crippen LogP contribution in [0.2, 0.25) is 5.02 Å². The predicted octanol–water partition coefficient (Wildman–Crippen LogP) is 3.31. The zero-order valence-electron chi connectivity index (χ0n) is 20.2. The molecule has 17 heteroatoms. The summed E-state index contributed by atoms with van der Waals surface area (Å²) >= 11 is 5.88. The SMILES string of the molecule is COC(=O)c1nc(Cn2nc(-c3ccc(Cl)cc3)n(C[C@H](O)C(F)(F)F)c2=O)nn1-c1ccccc1OC(F)F. The van der Waals surface area contributed by atoms with Gasteiger partial charge in [-0.2, -0.15) is 22.0 Å². The van der Waals surface area contributed by atoms with E-state index in [4.69, 9.17) is 11.6 Å². The van der Waals surface area contributed by atoms with Gasteiger partial charge in [0.05, 0.1) is 13.7 Å². The summed E-state index contributed by atoms with van der Waals surface area (Å²) in [7, 11) is 1.04. The third-order valence-corrected chi connectivity index (χ3v) is 5.63. The number of halogens is 6. The topological polar surface area (TPSA) is 126 Å². The number of rotatable bonds is 9. The van der Waals surface area contributed by atoms with Gasteiger partial charge < -0.3 is 14.6 Å². The maximum Gasteiger partial charge on any atom is 0.416 e. The minimum atomic E-state index is -5.03. The summed E-state index contributed by atoms with van der Waals surface area (Å²) < 4.78 is 76.6. The van der Waals surface area contributed by atoms with Crippen molar-refractivity contribution >= 4 is 17.6 Å². The van der Waals surface area contributed by atoms with Gasteiger partial charge in [-0.05, 0) is 36.4 Å². The van der Waals surface area contributed by atoms with Crippen LogP contribution in [0.5, 0.6) is 5.75 Å². The summed E-state index contributed by atoms with van der Waals surface area (Å²) in [5, 5.41) is 18.1. The monoisotopic (exact) mass is 588 g/mol. The fraction of sp³-hybridized carbons (Fsp3) is 0.261. The van der Waals surface area contributed by atoms with Crippen LogP contribution >= 0.6 is 11.6 Å². The molecule has 4 rings (SSSR count). The molecule has 4 aromatic rings. The Kier molecular flexibility index (Phi) is 8.20. The summed E-state index contributed by atoms with van der Waals surface area (Å²) in [6, 6.07) is 11.0. The van der Waals surface area contributed by atoms with Crippen LogP contribution < -0.4 is 10.4 Å². The van der Waals surface area contributed by atoms with Crippen LogP contribution in [0.25, 0.3) is 17.1 Å². The van der Waals surface area contributed by atoms with E-state index in [1.807, 2.05) is 0 Å². The number of hydrogen-bond acceptors (Lipinski definition) is 8. The van der Waals surface area contributed by atoms with Gasteiger partial charge in [-0.15, -0.1) is 10.2 Å². The van der Waals surface area contributed by atoms with E-state index in [0.29, 0.717) is 9.59 Å². The molecule has 0 saturated carbocycles. The van der Waals surface area contributed by atoms with Crippen molar-refractivity contribution in [1.82, 2.24) is 29.1 Å². The quantitative estimate of drug-likeness (QED) is 0.233. The van der Waals surface area contributed by atoms with E-state index < -0.39 is 49.5 Å². The van der Waals surface area contributed by atoms with Crippen LogP contribution in [0.15, 0.2) is 53.3 Å². The molecule has 2 aromatic heterocycles. The summed E-state index contributed by atoms with van der Waals surface area (Å²) in [5.41, 5.74) is -0.970. The van der Waals surface area contributed by atoms with Gasteiger partial charge in [-0.1, -0.05) is 23.7 Å². The van der Waals surface area contributed by atoms with Crippen molar-refractivity contribution in [3.63, 3.8) is 0 Å². The molecular formula is C23H18ClF5N6O5. The Morgan fingerprint density at radius 2 is 1.77 bits per heavy atom. The molecule has 11 nitrogen and oxygen atoms in total. The molecule has 0 spiro atoms. The van der Waals surface area contributed by atoms with Crippen LogP contribution in [-0.4, -0.2) is 66.2 Å². The average molecular weight is 589 g/mol. The number of aromatic nitrogens is 6.